The van der Waals surface area contributed by atoms with E-state index in [0.29, 0.717) is 5.82 Å². The van der Waals surface area contributed by atoms with Crippen LogP contribution in [0.1, 0.15) is 25.0 Å². The Labute approximate surface area is 373 Å². The monoisotopic (exact) mass is 818 g/mol. The van der Waals surface area contributed by atoms with Crippen molar-refractivity contribution in [1.29, 1.82) is 0 Å². The van der Waals surface area contributed by atoms with E-state index in [1.807, 2.05) is 30.3 Å². The van der Waals surface area contributed by atoms with Gasteiger partial charge in [0.05, 0.1) is 11.4 Å². The highest BCUT2D eigenvalue weighted by atomic mass is 16.3. The molecule has 0 amide bonds. The lowest BCUT2D eigenvalue weighted by Crippen LogP contribution is -2.14. The van der Waals surface area contributed by atoms with E-state index in [2.05, 4.69) is 202 Å². The Morgan fingerprint density at radius 2 is 0.859 bits per heavy atom. The molecule has 9 aromatic carbocycles. The van der Waals surface area contributed by atoms with Crippen LogP contribution in [0, 0.1) is 0 Å². The maximum Gasteiger partial charge on any atom is 0.160 e. The molecule has 0 radical (unpaired) electrons. The normalized spacial score (nSPS) is 12.7. The van der Waals surface area contributed by atoms with Crippen molar-refractivity contribution in [2.75, 3.05) is 0 Å². The Morgan fingerprint density at radius 1 is 0.312 bits per heavy atom. The molecule has 11 aromatic rings. The molecule has 0 saturated carbocycles. The predicted molar refractivity (Wildman–Crippen MR) is 265 cm³/mol. The summed E-state index contributed by atoms with van der Waals surface area (Å²) in [5, 5.41) is 2.20. The number of hydrogen-bond acceptors (Lipinski definition) is 3. The Morgan fingerprint density at radius 3 is 1.67 bits per heavy atom. The topological polar surface area (TPSA) is 38.9 Å². The molecule has 3 nitrogen and oxygen atoms in total. The second-order valence-corrected chi connectivity index (χ2v) is 17.4. The van der Waals surface area contributed by atoms with E-state index in [9.17, 15) is 0 Å². The van der Waals surface area contributed by atoms with Gasteiger partial charge < -0.3 is 4.42 Å². The molecule has 2 aromatic heterocycles. The van der Waals surface area contributed by atoms with Gasteiger partial charge in [0, 0.05) is 32.9 Å². The summed E-state index contributed by atoms with van der Waals surface area (Å²) in [6.45, 7) is 4.70. The van der Waals surface area contributed by atoms with Crippen LogP contribution in [0.4, 0.5) is 0 Å². The zero-order valence-electron chi connectivity index (χ0n) is 35.6. The summed E-state index contributed by atoms with van der Waals surface area (Å²) in [6, 6.07) is 78.1. The largest absolute Gasteiger partial charge is 0.456 e. The van der Waals surface area contributed by atoms with E-state index >= 15 is 0 Å². The van der Waals surface area contributed by atoms with Crippen molar-refractivity contribution in [1.82, 2.24) is 9.97 Å². The molecule has 3 heteroatoms. The number of hydrogen-bond donors (Lipinski definition) is 0. The van der Waals surface area contributed by atoms with Gasteiger partial charge in [-0.3, -0.25) is 0 Å². The first-order chi connectivity index (χ1) is 31.4. The fourth-order valence-corrected chi connectivity index (χ4v) is 9.81. The molecule has 64 heavy (non-hydrogen) atoms. The average molecular weight is 819 g/mol. The summed E-state index contributed by atoms with van der Waals surface area (Å²) in [6.07, 6.45) is 0. The molecule has 0 unspecified atom stereocenters. The van der Waals surface area contributed by atoms with Crippen LogP contribution in [-0.4, -0.2) is 9.97 Å². The Kier molecular flexibility index (Phi) is 8.84. The van der Waals surface area contributed by atoms with Gasteiger partial charge in [0.15, 0.2) is 5.82 Å². The lowest BCUT2D eigenvalue weighted by molar-refractivity contribution is 0.660. The number of nitrogens with zero attached hydrogens (tertiary/aromatic N) is 2. The van der Waals surface area contributed by atoms with Crippen molar-refractivity contribution >= 4 is 21.9 Å². The van der Waals surface area contributed by atoms with Crippen molar-refractivity contribution in [2.24, 2.45) is 0 Å². The van der Waals surface area contributed by atoms with Crippen LogP contribution in [0.3, 0.4) is 0 Å². The smallest absolute Gasteiger partial charge is 0.160 e. The molecule has 2 heterocycles. The summed E-state index contributed by atoms with van der Waals surface area (Å²) < 4.78 is 6.29. The summed E-state index contributed by atoms with van der Waals surface area (Å²) in [5.41, 5.74) is 20.9. The van der Waals surface area contributed by atoms with Gasteiger partial charge in [-0.1, -0.05) is 178 Å². The Balaban J connectivity index is 1.07. The highest BCUT2D eigenvalue weighted by molar-refractivity contribution is 6.06. The molecule has 1 aliphatic carbocycles. The van der Waals surface area contributed by atoms with Gasteiger partial charge >= 0.3 is 0 Å². The molecule has 0 aliphatic heterocycles. The van der Waals surface area contributed by atoms with Crippen molar-refractivity contribution in [2.45, 2.75) is 19.3 Å². The molecular weight excluding hydrogens is 777 g/mol. The van der Waals surface area contributed by atoms with Gasteiger partial charge in [0.25, 0.3) is 0 Å². The third-order valence-electron chi connectivity index (χ3n) is 13.1. The minimum absolute atomic E-state index is 0.109. The first-order valence-electron chi connectivity index (χ1n) is 22.0. The molecule has 0 atom stereocenters. The van der Waals surface area contributed by atoms with Crippen LogP contribution in [0.15, 0.2) is 223 Å². The van der Waals surface area contributed by atoms with E-state index in [1.54, 1.807) is 0 Å². The second-order valence-electron chi connectivity index (χ2n) is 17.4. The third-order valence-corrected chi connectivity index (χ3v) is 13.1. The molecule has 0 N–H and O–H groups in total. The van der Waals surface area contributed by atoms with Crippen molar-refractivity contribution in [3.8, 4) is 89.5 Å². The van der Waals surface area contributed by atoms with Crippen LogP contribution in [-0.2, 0) is 5.41 Å². The zero-order valence-corrected chi connectivity index (χ0v) is 35.6. The number of para-hydroxylation sites is 1. The molecule has 0 bridgehead atoms. The van der Waals surface area contributed by atoms with Crippen molar-refractivity contribution in [3.63, 3.8) is 0 Å². The molecular formula is C61H42N2O. The van der Waals surface area contributed by atoms with E-state index < -0.39 is 0 Å². The van der Waals surface area contributed by atoms with Crippen LogP contribution < -0.4 is 0 Å². The van der Waals surface area contributed by atoms with E-state index in [-0.39, 0.29) is 5.41 Å². The fraction of sp³-hybridized carbons (Fsp3) is 0.0492. The van der Waals surface area contributed by atoms with Crippen molar-refractivity contribution < 1.29 is 4.42 Å². The van der Waals surface area contributed by atoms with Crippen LogP contribution in [0.2, 0.25) is 0 Å². The minimum Gasteiger partial charge on any atom is -0.456 e. The van der Waals surface area contributed by atoms with Gasteiger partial charge in [0.1, 0.15) is 11.2 Å². The van der Waals surface area contributed by atoms with Gasteiger partial charge in [-0.25, -0.2) is 9.97 Å². The Hall–Kier alpha value is -8.14. The third kappa shape index (κ3) is 6.44. The van der Waals surface area contributed by atoms with Crippen LogP contribution in [0.5, 0.6) is 0 Å². The molecule has 0 saturated heterocycles. The number of aromatic nitrogens is 2. The quantitative estimate of drug-likeness (QED) is 0.161. The second kappa shape index (κ2) is 15.0. The minimum atomic E-state index is -0.109. The number of benzene rings is 9. The maximum atomic E-state index is 6.29. The number of furan rings is 1. The lowest BCUT2D eigenvalue weighted by Gasteiger charge is -2.22. The van der Waals surface area contributed by atoms with Gasteiger partial charge in [0.2, 0.25) is 0 Å². The van der Waals surface area contributed by atoms with Crippen molar-refractivity contribution in [3.05, 3.63) is 230 Å². The highest BCUT2D eigenvalue weighted by Gasteiger charge is 2.35. The molecule has 0 spiro atoms. The molecule has 0 fully saturated rings. The average Bonchev–Trinajstić information content (AvgIpc) is 3.85. The highest BCUT2D eigenvalue weighted by Crippen LogP contribution is 2.50. The fourth-order valence-electron chi connectivity index (χ4n) is 9.81. The van der Waals surface area contributed by atoms with E-state index in [1.165, 1.54) is 33.4 Å². The van der Waals surface area contributed by atoms with E-state index in [0.717, 1.165) is 83.4 Å². The maximum absolute atomic E-state index is 6.29. The summed E-state index contributed by atoms with van der Waals surface area (Å²) in [5.74, 6) is 0.679. The van der Waals surface area contributed by atoms with Gasteiger partial charge in [-0.05, 0) is 121 Å². The van der Waals surface area contributed by atoms with Gasteiger partial charge in [-0.2, -0.15) is 0 Å². The SMILES string of the molecule is CC1(C)c2ccccc2-c2ccc(-c3ccccc3-c3cc(-c4ccc5oc6ccccc6c5c4)cc(-c4cc(-c5cccc(-c6ccccc6)c5)nc(-c5ccccc5)n4)c3)cc21. The van der Waals surface area contributed by atoms with Crippen LogP contribution >= 0.6 is 0 Å². The first kappa shape index (κ1) is 37.6. The lowest BCUT2D eigenvalue weighted by atomic mass is 9.81. The summed E-state index contributed by atoms with van der Waals surface area (Å²) in [4.78, 5) is 10.6. The zero-order chi connectivity index (χ0) is 42.8. The predicted octanol–water partition coefficient (Wildman–Crippen LogP) is 16.4. The number of rotatable bonds is 7. The van der Waals surface area contributed by atoms with Gasteiger partial charge in [-0.15, -0.1) is 0 Å². The summed E-state index contributed by atoms with van der Waals surface area (Å²) >= 11 is 0. The summed E-state index contributed by atoms with van der Waals surface area (Å²) in [7, 11) is 0. The molecule has 12 rings (SSSR count). The standard InChI is InChI=1S/C61H42N2O/c1-61(2)54-26-13-11-24-50(54)51-30-28-43(37-55(51)61)48-22-9-10-23-49(48)46-33-45(42-29-31-59-53(36-42)52-25-12-14-27-58(52)64-59)34-47(35-46)57-38-56(62-60(63-57)40-18-7-4-8-19-40)44-21-15-20-41(32-44)39-16-5-3-6-17-39/h3-38H,1-2H3. The first-order valence-corrected chi connectivity index (χ1v) is 22.0. The molecule has 1 aliphatic rings. The molecule has 302 valence electrons. The van der Waals surface area contributed by atoms with Crippen LogP contribution in [0.25, 0.3) is 111 Å². The number of fused-ring (bicyclic) bond motifs is 6. The Bertz CT molecular complexity index is 3580. The van der Waals surface area contributed by atoms with E-state index in [4.69, 9.17) is 14.4 Å².